The monoisotopic (exact) mass is 498 g/mol. The summed E-state index contributed by atoms with van der Waals surface area (Å²) in [5.41, 5.74) is 3.98. The van der Waals surface area contributed by atoms with Crippen LogP contribution < -0.4 is 10.1 Å². The summed E-state index contributed by atoms with van der Waals surface area (Å²) in [6.07, 6.45) is 0.462. The molecule has 0 saturated carbocycles. The zero-order chi connectivity index (χ0) is 26.2. The van der Waals surface area contributed by atoms with Crippen molar-refractivity contribution in [3.05, 3.63) is 101 Å². The van der Waals surface area contributed by atoms with E-state index in [-0.39, 0.29) is 11.8 Å². The molecule has 0 aliphatic carbocycles. The highest BCUT2D eigenvalue weighted by molar-refractivity contribution is 5.94. The Balaban J connectivity index is 1.29. The molecule has 0 aliphatic heterocycles. The lowest BCUT2D eigenvalue weighted by atomic mass is 10.1. The van der Waals surface area contributed by atoms with E-state index in [4.69, 9.17) is 9.26 Å². The summed E-state index contributed by atoms with van der Waals surface area (Å²) >= 11 is 0. The fourth-order valence-corrected chi connectivity index (χ4v) is 3.68. The number of benzene rings is 3. The molecule has 4 rings (SSSR count). The van der Waals surface area contributed by atoms with Gasteiger partial charge in [0.2, 0.25) is 0 Å². The third kappa shape index (κ3) is 6.82. The molecule has 1 N–H and O–H groups in total. The molecule has 3 aromatic carbocycles. The molecule has 1 heterocycles. The summed E-state index contributed by atoms with van der Waals surface area (Å²) in [5, 5.41) is 6.95. The first-order valence-corrected chi connectivity index (χ1v) is 12.2. The van der Waals surface area contributed by atoms with E-state index in [1.54, 1.807) is 36.2 Å². The second kappa shape index (κ2) is 12.0. The van der Waals surface area contributed by atoms with Crippen LogP contribution in [0.3, 0.4) is 0 Å². The minimum atomic E-state index is -0.173. The molecule has 2 amide bonds. The summed E-state index contributed by atoms with van der Waals surface area (Å²) in [5.74, 6) is 1.45. The maximum absolute atomic E-state index is 12.6. The van der Waals surface area contributed by atoms with Crippen LogP contribution in [-0.2, 0) is 13.0 Å². The molecule has 8 nitrogen and oxygen atoms in total. The van der Waals surface area contributed by atoms with Crippen LogP contribution in [0.15, 0.2) is 77.3 Å². The van der Waals surface area contributed by atoms with E-state index in [9.17, 15) is 9.59 Å². The van der Waals surface area contributed by atoms with Gasteiger partial charge in [0.05, 0.1) is 6.61 Å². The lowest BCUT2D eigenvalue weighted by molar-refractivity contribution is 0.0795. The summed E-state index contributed by atoms with van der Waals surface area (Å²) in [4.78, 5) is 31.2. The van der Waals surface area contributed by atoms with Gasteiger partial charge in [-0.25, -0.2) is 0 Å². The second-order valence-electron chi connectivity index (χ2n) is 8.70. The molecule has 8 heteroatoms. The van der Waals surface area contributed by atoms with E-state index in [1.807, 2.05) is 62.4 Å². The van der Waals surface area contributed by atoms with Gasteiger partial charge in [-0.15, -0.1) is 0 Å². The van der Waals surface area contributed by atoms with Crippen molar-refractivity contribution < 1.29 is 18.8 Å². The molecule has 190 valence electrons. The highest BCUT2D eigenvalue weighted by Crippen LogP contribution is 2.19. The number of hydrogen-bond donors (Lipinski definition) is 1. The van der Waals surface area contributed by atoms with E-state index >= 15 is 0 Å². The normalized spacial score (nSPS) is 10.7. The second-order valence-corrected chi connectivity index (χ2v) is 8.70. The number of likely N-dealkylation sites (N-methyl/N-ethyl adjacent to an activating group) is 1. The molecule has 0 bridgehead atoms. The van der Waals surface area contributed by atoms with Crippen molar-refractivity contribution in [2.75, 3.05) is 20.2 Å². The van der Waals surface area contributed by atoms with Crippen molar-refractivity contribution in [2.45, 2.75) is 26.8 Å². The quantitative estimate of drug-likeness (QED) is 0.341. The number of ether oxygens (including phenoxy) is 1. The van der Waals surface area contributed by atoms with E-state index < -0.39 is 0 Å². The van der Waals surface area contributed by atoms with Crippen LogP contribution in [0.1, 0.15) is 44.6 Å². The minimum Gasteiger partial charge on any atom is -0.494 e. The van der Waals surface area contributed by atoms with Gasteiger partial charge in [0.1, 0.15) is 5.75 Å². The molecule has 4 aromatic rings. The lowest BCUT2D eigenvalue weighted by Crippen LogP contribution is -2.29. The number of aromatic nitrogens is 2. The Morgan fingerprint density at radius 2 is 1.62 bits per heavy atom. The molecule has 0 unspecified atom stereocenters. The Bertz CT molecular complexity index is 1330. The third-order valence-corrected chi connectivity index (χ3v) is 5.87. The molecule has 0 fully saturated rings. The molecule has 0 radical (unpaired) electrons. The highest BCUT2D eigenvalue weighted by Gasteiger charge is 2.15. The van der Waals surface area contributed by atoms with E-state index in [1.165, 1.54) is 0 Å². The summed E-state index contributed by atoms with van der Waals surface area (Å²) in [6.45, 7) is 5.41. The Morgan fingerprint density at radius 1 is 0.946 bits per heavy atom. The molecular weight excluding hydrogens is 468 g/mol. The Labute approximate surface area is 216 Å². The zero-order valence-corrected chi connectivity index (χ0v) is 21.2. The maximum atomic E-state index is 12.6. The van der Waals surface area contributed by atoms with Crippen LogP contribution in [0, 0.1) is 6.92 Å². The van der Waals surface area contributed by atoms with Crippen LogP contribution in [0.2, 0.25) is 0 Å². The molecule has 0 spiro atoms. The predicted octanol–water partition coefficient (Wildman–Crippen LogP) is 4.69. The molecule has 1 aromatic heterocycles. The summed E-state index contributed by atoms with van der Waals surface area (Å²) in [7, 11) is 1.75. The van der Waals surface area contributed by atoms with Crippen molar-refractivity contribution in [3.8, 4) is 17.2 Å². The van der Waals surface area contributed by atoms with Gasteiger partial charge in [0.25, 0.3) is 17.7 Å². The van der Waals surface area contributed by atoms with Gasteiger partial charge in [-0.3, -0.25) is 9.59 Å². The van der Waals surface area contributed by atoms with E-state index in [0.717, 1.165) is 16.9 Å². The van der Waals surface area contributed by atoms with Crippen molar-refractivity contribution in [1.82, 2.24) is 20.4 Å². The van der Waals surface area contributed by atoms with Crippen LogP contribution in [0.5, 0.6) is 5.75 Å². The molecular formula is C29H30N4O4. The SMILES string of the molecule is CCOc1ccc(CNC(=O)c2ccc(-c3nc(CCN(C)C(=O)c4ccc(C)cc4)no3)cc2)cc1. The highest BCUT2D eigenvalue weighted by atomic mass is 16.5. The number of amides is 2. The number of nitrogens with one attached hydrogen (secondary N) is 1. The molecule has 0 atom stereocenters. The van der Waals surface area contributed by atoms with Crippen LogP contribution in [0.4, 0.5) is 0 Å². The number of carbonyl (C=O) groups is 2. The minimum absolute atomic E-state index is 0.0555. The first-order chi connectivity index (χ1) is 17.9. The van der Waals surface area contributed by atoms with Gasteiger partial charge in [-0.05, 0) is 67.9 Å². The van der Waals surface area contributed by atoms with Gasteiger partial charge < -0.3 is 19.5 Å². The van der Waals surface area contributed by atoms with Crippen LogP contribution in [-0.4, -0.2) is 47.1 Å². The number of hydrogen-bond acceptors (Lipinski definition) is 6. The van der Waals surface area contributed by atoms with Gasteiger partial charge in [-0.2, -0.15) is 4.98 Å². The van der Waals surface area contributed by atoms with E-state index in [2.05, 4.69) is 15.5 Å². The average Bonchev–Trinajstić information content (AvgIpc) is 3.40. The Morgan fingerprint density at radius 3 is 2.30 bits per heavy atom. The zero-order valence-electron chi connectivity index (χ0n) is 21.2. The fraction of sp³-hybridized carbons (Fsp3) is 0.241. The van der Waals surface area contributed by atoms with Crippen molar-refractivity contribution in [2.24, 2.45) is 0 Å². The number of carbonyl (C=O) groups excluding carboxylic acids is 2. The number of aryl methyl sites for hydroxylation is 1. The summed E-state index contributed by atoms with van der Waals surface area (Å²) < 4.78 is 10.8. The van der Waals surface area contributed by atoms with Gasteiger partial charge in [0.15, 0.2) is 5.82 Å². The fourth-order valence-electron chi connectivity index (χ4n) is 3.68. The Kier molecular flexibility index (Phi) is 8.30. The van der Waals surface area contributed by atoms with Crippen LogP contribution >= 0.6 is 0 Å². The number of nitrogens with zero attached hydrogens (tertiary/aromatic N) is 3. The maximum Gasteiger partial charge on any atom is 0.257 e. The standard InChI is InChI=1S/C29H30N4O4/c1-4-36-25-15-7-21(8-16-25)19-30-27(34)22-11-13-23(14-12-22)28-31-26(32-37-28)17-18-33(3)29(35)24-9-5-20(2)6-10-24/h5-16H,4,17-19H2,1-3H3,(H,30,34). The average molecular weight is 499 g/mol. The topological polar surface area (TPSA) is 97.6 Å². The molecule has 0 aliphatic rings. The number of rotatable bonds is 10. The van der Waals surface area contributed by atoms with Gasteiger partial charge in [0, 0.05) is 43.2 Å². The van der Waals surface area contributed by atoms with E-state index in [0.29, 0.717) is 54.5 Å². The first kappa shape index (κ1) is 25.6. The summed E-state index contributed by atoms with van der Waals surface area (Å²) in [6, 6.07) is 22.1. The first-order valence-electron chi connectivity index (χ1n) is 12.2. The largest absolute Gasteiger partial charge is 0.494 e. The van der Waals surface area contributed by atoms with Crippen molar-refractivity contribution in [3.63, 3.8) is 0 Å². The smallest absolute Gasteiger partial charge is 0.257 e. The Hall–Kier alpha value is -4.46. The van der Waals surface area contributed by atoms with Gasteiger partial charge >= 0.3 is 0 Å². The van der Waals surface area contributed by atoms with Gasteiger partial charge in [-0.1, -0.05) is 35.0 Å². The van der Waals surface area contributed by atoms with Crippen LogP contribution in [0.25, 0.3) is 11.5 Å². The third-order valence-electron chi connectivity index (χ3n) is 5.87. The predicted molar refractivity (Wildman–Crippen MR) is 140 cm³/mol. The molecule has 37 heavy (non-hydrogen) atoms. The van der Waals surface area contributed by atoms with Crippen molar-refractivity contribution >= 4 is 11.8 Å². The van der Waals surface area contributed by atoms with Crippen molar-refractivity contribution in [1.29, 1.82) is 0 Å². The lowest BCUT2D eigenvalue weighted by Gasteiger charge is -2.16. The molecule has 0 saturated heterocycles.